The molecule has 4 N–H and O–H groups in total. The molecule has 14 heavy (non-hydrogen) atoms. The molecule has 0 atom stereocenters. The van der Waals surface area contributed by atoms with Crippen LogP contribution in [0.5, 0.6) is 0 Å². The molecule has 0 bridgehead atoms. The lowest BCUT2D eigenvalue weighted by Gasteiger charge is -1.98. The van der Waals surface area contributed by atoms with Gasteiger partial charge < -0.3 is 15.9 Å². The molecule has 0 saturated carbocycles. The number of nitrogens with zero attached hydrogens (tertiary/aromatic N) is 2. The van der Waals surface area contributed by atoms with Gasteiger partial charge in [0.15, 0.2) is 0 Å². The second-order valence-corrected chi connectivity index (χ2v) is 3.09. The number of halogens is 1. The fourth-order valence-corrected chi connectivity index (χ4v) is 1.15. The van der Waals surface area contributed by atoms with Crippen molar-refractivity contribution in [3.05, 3.63) is 23.2 Å². The molecule has 2 aromatic rings. The van der Waals surface area contributed by atoms with E-state index in [2.05, 4.69) is 10.2 Å². The number of hydrogen-bond acceptors (Lipinski definition) is 5. The molecule has 0 spiro atoms. The molecule has 0 unspecified atom stereocenters. The lowest BCUT2D eigenvalue weighted by atomic mass is 10.2. The van der Waals surface area contributed by atoms with Crippen molar-refractivity contribution in [3.63, 3.8) is 0 Å². The Morgan fingerprint density at radius 1 is 1.21 bits per heavy atom. The number of aromatic nitrogens is 2. The van der Waals surface area contributed by atoms with Crippen molar-refractivity contribution in [3.8, 4) is 11.5 Å². The van der Waals surface area contributed by atoms with E-state index in [1.165, 1.54) is 0 Å². The van der Waals surface area contributed by atoms with Crippen LogP contribution < -0.4 is 11.5 Å². The molecule has 0 aliphatic heterocycles. The Morgan fingerprint density at radius 2 is 2.00 bits per heavy atom. The molecule has 2 rings (SSSR count). The molecular weight excluding hydrogens is 204 g/mol. The first-order valence-corrected chi connectivity index (χ1v) is 4.19. The molecule has 72 valence electrons. The first kappa shape index (κ1) is 8.83. The third-order valence-corrected chi connectivity index (χ3v) is 2.03. The Labute approximate surface area is 84.7 Å². The van der Waals surface area contributed by atoms with Crippen molar-refractivity contribution in [1.82, 2.24) is 10.2 Å². The van der Waals surface area contributed by atoms with Crippen LogP contribution in [0.4, 0.5) is 11.7 Å². The summed E-state index contributed by atoms with van der Waals surface area (Å²) in [6, 6.07) is 5.06. The van der Waals surface area contributed by atoms with Gasteiger partial charge in [-0.25, -0.2) is 0 Å². The first-order valence-electron chi connectivity index (χ1n) is 3.81. The first-order chi connectivity index (χ1) is 6.66. The highest BCUT2D eigenvalue weighted by Crippen LogP contribution is 2.25. The molecule has 6 heteroatoms. The van der Waals surface area contributed by atoms with Gasteiger partial charge in [-0.2, -0.15) is 0 Å². The Kier molecular flexibility index (Phi) is 2.01. The van der Waals surface area contributed by atoms with Gasteiger partial charge >= 0.3 is 6.01 Å². The van der Waals surface area contributed by atoms with Crippen LogP contribution in [0.3, 0.4) is 0 Å². The molecule has 1 aromatic heterocycles. The van der Waals surface area contributed by atoms with Crippen molar-refractivity contribution >= 4 is 23.3 Å². The summed E-state index contributed by atoms with van der Waals surface area (Å²) >= 11 is 5.76. The fraction of sp³-hybridized carbons (Fsp3) is 0. The summed E-state index contributed by atoms with van der Waals surface area (Å²) in [5.74, 6) is 0.325. The zero-order valence-electron chi connectivity index (χ0n) is 7.07. The normalized spacial score (nSPS) is 10.4. The molecule has 0 aliphatic carbocycles. The molecule has 0 amide bonds. The van der Waals surface area contributed by atoms with Crippen LogP contribution in [0, 0.1) is 0 Å². The minimum absolute atomic E-state index is 0.0218. The minimum Gasteiger partial charge on any atom is -0.404 e. The maximum atomic E-state index is 5.76. The van der Waals surface area contributed by atoms with E-state index >= 15 is 0 Å². The topological polar surface area (TPSA) is 91.0 Å². The van der Waals surface area contributed by atoms with Gasteiger partial charge in [-0.3, -0.25) is 0 Å². The van der Waals surface area contributed by atoms with Gasteiger partial charge in [0.1, 0.15) is 0 Å². The Morgan fingerprint density at radius 3 is 2.57 bits per heavy atom. The number of nitrogen functional groups attached to an aromatic ring is 2. The van der Waals surface area contributed by atoms with Crippen LogP contribution in [-0.4, -0.2) is 10.2 Å². The van der Waals surface area contributed by atoms with E-state index in [1.54, 1.807) is 18.2 Å². The number of hydrogen-bond donors (Lipinski definition) is 2. The zero-order valence-corrected chi connectivity index (χ0v) is 7.82. The number of benzene rings is 1. The maximum Gasteiger partial charge on any atom is 0.313 e. The largest absolute Gasteiger partial charge is 0.404 e. The summed E-state index contributed by atoms with van der Waals surface area (Å²) in [7, 11) is 0. The monoisotopic (exact) mass is 210 g/mol. The summed E-state index contributed by atoms with van der Waals surface area (Å²) in [6.45, 7) is 0. The third-order valence-electron chi connectivity index (χ3n) is 1.68. The number of nitrogens with two attached hydrogens (primary N) is 2. The smallest absolute Gasteiger partial charge is 0.313 e. The van der Waals surface area contributed by atoms with E-state index in [-0.39, 0.29) is 6.01 Å². The predicted octanol–water partition coefficient (Wildman–Crippen LogP) is 1.55. The lowest BCUT2D eigenvalue weighted by molar-refractivity contribution is 0.590. The summed E-state index contributed by atoms with van der Waals surface area (Å²) in [4.78, 5) is 0. The second kappa shape index (κ2) is 3.19. The Balaban J connectivity index is 2.47. The fourth-order valence-electron chi connectivity index (χ4n) is 1.03. The van der Waals surface area contributed by atoms with Crippen LogP contribution in [0.15, 0.2) is 22.6 Å². The average molecular weight is 211 g/mol. The molecule has 0 fully saturated rings. The van der Waals surface area contributed by atoms with Gasteiger partial charge in [0.2, 0.25) is 5.89 Å². The third kappa shape index (κ3) is 1.49. The van der Waals surface area contributed by atoms with Gasteiger partial charge in [0.25, 0.3) is 0 Å². The van der Waals surface area contributed by atoms with Gasteiger partial charge in [-0.15, -0.1) is 5.10 Å². The van der Waals surface area contributed by atoms with Crippen molar-refractivity contribution in [2.75, 3.05) is 11.5 Å². The van der Waals surface area contributed by atoms with Crippen LogP contribution in [0.2, 0.25) is 5.02 Å². The van der Waals surface area contributed by atoms with Gasteiger partial charge in [0.05, 0.1) is 10.7 Å². The van der Waals surface area contributed by atoms with Gasteiger partial charge in [-0.1, -0.05) is 16.7 Å². The van der Waals surface area contributed by atoms with Crippen LogP contribution in [0.25, 0.3) is 11.5 Å². The zero-order chi connectivity index (χ0) is 10.1. The predicted molar refractivity (Wildman–Crippen MR) is 53.6 cm³/mol. The summed E-state index contributed by atoms with van der Waals surface area (Å²) in [5, 5.41) is 7.74. The maximum absolute atomic E-state index is 5.76. The van der Waals surface area contributed by atoms with E-state index in [4.69, 9.17) is 27.5 Å². The second-order valence-electron chi connectivity index (χ2n) is 2.68. The molecule has 1 heterocycles. The molecular formula is C8H7ClN4O. The van der Waals surface area contributed by atoms with Crippen LogP contribution >= 0.6 is 11.6 Å². The highest BCUT2D eigenvalue weighted by molar-refractivity contribution is 6.33. The van der Waals surface area contributed by atoms with Gasteiger partial charge in [0, 0.05) is 5.56 Å². The molecule has 0 aliphatic rings. The summed E-state index contributed by atoms with van der Waals surface area (Å²) < 4.78 is 5.02. The van der Waals surface area contributed by atoms with E-state index in [9.17, 15) is 0 Å². The van der Waals surface area contributed by atoms with Crippen molar-refractivity contribution < 1.29 is 4.42 Å². The van der Waals surface area contributed by atoms with Crippen molar-refractivity contribution in [1.29, 1.82) is 0 Å². The standard InChI is InChI=1S/C8H7ClN4O/c9-5-2-1-4(3-6(5)10)7-12-13-8(11)14-7/h1-3H,10H2,(H2,11,13). The van der Waals surface area contributed by atoms with E-state index < -0.39 is 0 Å². The number of anilines is 2. The van der Waals surface area contributed by atoms with Crippen LogP contribution in [-0.2, 0) is 0 Å². The van der Waals surface area contributed by atoms with E-state index in [1.807, 2.05) is 0 Å². The van der Waals surface area contributed by atoms with Crippen molar-refractivity contribution in [2.24, 2.45) is 0 Å². The molecule has 5 nitrogen and oxygen atoms in total. The highest BCUT2D eigenvalue weighted by atomic mass is 35.5. The molecule has 1 aromatic carbocycles. The quantitative estimate of drug-likeness (QED) is 0.697. The Bertz CT molecular complexity index is 468. The summed E-state index contributed by atoms with van der Waals surface area (Å²) in [6.07, 6.45) is 0. The summed E-state index contributed by atoms with van der Waals surface area (Å²) in [5.41, 5.74) is 12.0. The number of rotatable bonds is 1. The average Bonchev–Trinajstić information content (AvgIpc) is 2.57. The Hall–Kier alpha value is -1.75. The minimum atomic E-state index is 0.0218. The van der Waals surface area contributed by atoms with Crippen LogP contribution in [0.1, 0.15) is 0 Å². The lowest BCUT2D eigenvalue weighted by Crippen LogP contribution is -1.87. The van der Waals surface area contributed by atoms with Gasteiger partial charge in [-0.05, 0) is 18.2 Å². The van der Waals surface area contributed by atoms with Crippen molar-refractivity contribution in [2.45, 2.75) is 0 Å². The SMILES string of the molecule is Nc1nnc(-c2ccc(Cl)c(N)c2)o1. The van der Waals surface area contributed by atoms with E-state index in [0.29, 0.717) is 22.2 Å². The highest BCUT2D eigenvalue weighted by Gasteiger charge is 2.07. The molecule has 0 radical (unpaired) electrons. The molecule has 0 saturated heterocycles. The van der Waals surface area contributed by atoms with E-state index in [0.717, 1.165) is 0 Å².